The van der Waals surface area contributed by atoms with Crippen LogP contribution in [0.1, 0.15) is 17.3 Å². The molecule has 0 fully saturated rings. The molecule has 0 bridgehead atoms. The zero-order chi connectivity index (χ0) is 15.9. The fourth-order valence-corrected chi connectivity index (χ4v) is 2.10. The number of aromatic nitrogens is 2. The molecule has 0 saturated carbocycles. The summed E-state index contributed by atoms with van der Waals surface area (Å²) in [4.78, 5) is 20.5. The summed E-state index contributed by atoms with van der Waals surface area (Å²) in [6.45, 7) is 2.05. The van der Waals surface area contributed by atoms with Crippen molar-refractivity contribution in [2.45, 2.75) is 12.1 Å². The van der Waals surface area contributed by atoms with Crippen LogP contribution in [-0.2, 0) is 4.74 Å². The van der Waals surface area contributed by atoms with E-state index in [1.165, 1.54) is 18.0 Å². The number of anilines is 2. The first-order valence-electron chi connectivity index (χ1n) is 6.67. The summed E-state index contributed by atoms with van der Waals surface area (Å²) in [6.07, 6.45) is 3.34. The van der Waals surface area contributed by atoms with Gasteiger partial charge >= 0.3 is 5.97 Å². The third-order valence-corrected chi connectivity index (χ3v) is 3.34. The van der Waals surface area contributed by atoms with Crippen LogP contribution in [0.3, 0.4) is 0 Å². The zero-order valence-electron chi connectivity index (χ0n) is 13.0. The van der Waals surface area contributed by atoms with Crippen LogP contribution in [0.15, 0.2) is 35.6 Å². The molecule has 0 aliphatic carbocycles. The summed E-state index contributed by atoms with van der Waals surface area (Å²) in [5.74, 6) is 0.661. The van der Waals surface area contributed by atoms with Crippen molar-refractivity contribution in [3.05, 3.63) is 36.0 Å². The lowest BCUT2D eigenvalue weighted by molar-refractivity contribution is -0.0000233. The van der Waals surface area contributed by atoms with Crippen molar-refractivity contribution in [3.8, 4) is 5.75 Å². The van der Waals surface area contributed by atoms with Crippen molar-refractivity contribution in [2.24, 2.45) is 0 Å². The van der Waals surface area contributed by atoms with Crippen LogP contribution in [0, 0.1) is 0 Å². The fourth-order valence-electron chi connectivity index (χ4n) is 1.76. The average molecular weight is 355 g/mol. The van der Waals surface area contributed by atoms with Crippen molar-refractivity contribution in [1.82, 2.24) is 9.97 Å². The third-order valence-electron chi connectivity index (χ3n) is 2.78. The highest BCUT2D eigenvalue weighted by molar-refractivity contribution is 7.98. The van der Waals surface area contributed by atoms with E-state index in [9.17, 15) is 4.79 Å². The monoisotopic (exact) mass is 354 g/mol. The summed E-state index contributed by atoms with van der Waals surface area (Å²) >= 11 is 1.40. The van der Waals surface area contributed by atoms with Crippen molar-refractivity contribution < 1.29 is 26.7 Å². The normalized spacial score (nSPS) is 9.70. The molecule has 0 aliphatic rings. The SMILES string of the molecule is CCOC(=O)c1cnc(SC)nc1Nc1cccc(OC)c1.[Cl-]. The van der Waals surface area contributed by atoms with Crippen LogP contribution in [0.4, 0.5) is 11.5 Å². The van der Waals surface area contributed by atoms with Gasteiger partial charge in [-0.1, -0.05) is 17.8 Å². The highest BCUT2D eigenvalue weighted by Gasteiger charge is 2.16. The number of nitrogens with one attached hydrogen (secondary N) is 1. The molecule has 0 aliphatic heterocycles. The largest absolute Gasteiger partial charge is 1.00 e. The first-order chi connectivity index (χ1) is 10.7. The Morgan fingerprint density at radius 3 is 2.83 bits per heavy atom. The molecule has 0 saturated heterocycles. The number of carbonyl (C=O) groups is 1. The minimum atomic E-state index is -0.458. The molecule has 124 valence electrons. The van der Waals surface area contributed by atoms with E-state index >= 15 is 0 Å². The molecule has 8 heteroatoms. The van der Waals surface area contributed by atoms with Gasteiger partial charge in [-0.05, 0) is 25.3 Å². The molecule has 1 aromatic carbocycles. The minimum absolute atomic E-state index is 0. The van der Waals surface area contributed by atoms with Crippen LogP contribution < -0.4 is 22.5 Å². The number of thioether (sulfide) groups is 1. The van der Waals surface area contributed by atoms with Gasteiger partial charge < -0.3 is 27.2 Å². The van der Waals surface area contributed by atoms with Gasteiger partial charge in [0.25, 0.3) is 0 Å². The highest BCUT2D eigenvalue weighted by Crippen LogP contribution is 2.24. The Kier molecular flexibility index (Phi) is 7.64. The maximum absolute atomic E-state index is 12.0. The summed E-state index contributed by atoms with van der Waals surface area (Å²) < 4.78 is 10.2. The van der Waals surface area contributed by atoms with Gasteiger partial charge in [-0.25, -0.2) is 14.8 Å². The smallest absolute Gasteiger partial charge is 0.343 e. The van der Waals surface area contributed by atoms with Gasteiger partial charge in [0.05, 0.1) is 13.7 Å². The number of halogens is 1. The number of methoxy groups -OCH3 is 1. The van der Waals surface area contributed by atoms with Crippen molar-refractivity contribution in [1.29, 1.82) is 0 Å². The quantitative estimate of drug-likeness (QED) is 0.449. The second kappa shape index (κ2) is 9.22. The third kappa shape index (κ3) is 5.01. The van der Waals surface area contributed by atoms with E-state index in [4.69, 9.17) is 9.47 Å². The lowest BCUT2D eigenvalue weighted by Gasteiger charge is -2.11. The minimum Gasteiger partial charge on any atom is -1.00 e. The molecule has 2 aromatic rings. The first kappa shape index (κ1) is 19.1. The Bertz CT molecular complexity index is 670. The van der Waals surface area contributed by atoms with E-state index in [2.05, 4.69) is 15.3 Å². The number of rotatable bonds is 6. The van der Waals surface area contributed by atoms with E-state index in [0.29, 0.717) is 28.9 Å². The number of carbonyl (C=O) groups excluding carboxylic acids is 1. The number of esters is 1. The lowest BCUT2D eigenvalue weighted by atomic mass is 10.2. The maximum atomic E-state index is 12.0. The second-order valence-electron chi connectivity index (χ2n) is 4.20. The number of hydrogen-bond acceptors (Lipinski definition) is 7. The van der Waals surface area contributed by atoms with Gasteiger partial charge in [0.15, 0.2) is 5.16 Å². The van der Waals surface area contributed by atoms with Gasteiger partial charge in [-0.3, -0.25) is 0 Å². The van der Waals surface area contributed by atoms with Gasteiger partial charge in [-0.15, -0.1) is 0 Å². The molecule has 6 nitrogen and oxygen atoms in total. The molecule has 0 radical (unpaired) electrons. The van der Waals surface area contributed by atoms with Gasteiger partial charge in [0.2, 0.25) is 0 Å². The average Bonchev–Trinajstić information content (AvgIpc) is 2.55. The molecule has 23 heavy (non-hydrogen) atoms. The Morgan fingerprint density at radius 1 is 1.39 bits per heavy atom. The zero-order valence-corrected chi connectivity index (χ0v) is 14.6. The van der Waals surface area contributed by atoms with Crippen LogP contribution in [-0.4, -0.2) is 35.9 Å². The molecule has 0 unspecified atom stereocenters. The van der Waals surface area contributed by atoms with Gasteiger partial charge in [0, 0.05) is 18.0 Å². The number of hydrogen-bond donors (Lipinski definition) is 1. The van der Waals surface area contributed by atoms with Crippen LogP contribution in [0.5, 0.6) is 5.75 Å². The summed E-state index contributed by atoms with van der Waals surface area (Å²) in [7, 11) is 1.60. The molecular formula is C15H17ClN3O3S-. The lowest BCUT2D eigenvalue weighted by Crippen LogP contribution is -3.00. The van der Waals surface area contributed by atoms with E-state index in [0.717, 1.165) is 5.69 Å². The maximum Gasteiger partial charge on any atom is 0.343 e. The summed E-state index contributed by atoms with van der Waals surface area (Å²) in [6, 6.07) is 7.36. The van der Waals surface area contributed by atoms with Crippen molar-refractivity contribution in [2.75, 3.05) is 25.3 Å². The predicted molar refractivity (Wildman–Crippen MR) is 86.0 cm³/mol. The highest BCUT2D eigenvalue weighted by atomic mass is 35.5. The molecule has 1 heterocycles. The van der Waals surface area contributed by atoms with Gasteiger partial charge in [-0.2, -0.15) is 0 Å². The number of ether oxygens (including phenoxy) is 2. The molecule has 0 amide bonds. The molecule has 2 rings (SSSR count). The molecular weight excluding hydrogens is 338 g/mol. The Balaban J connectivity index is 0.00000264. The molecule has 1 N–H and O–H groups in total. The van der Waals surface area contributed by atoms with Crippen LogP contribution in [0.2, 0.25) is 0 Å². The van der Waals surface area contributed by atoms with Crippen LogP contribution in [0.25, 0.3) is 0 Å². The Labute approximate surface area is 145 Å². The molecule has 0 spiro atoms. The first-order valence-corrected chi connectivity index (χ1v) is 7.89. The molecule has 0 atom stereocenters. The number of benzene rings is 1. The van der Waals surface area contributed by atoms with Gasteiger partial charge in [0.1, 0.15) is 17.1 Å². The summed E-state index contributed by atoms with van der Waals surface area (Å²) in [5.41, 5.74) is 1.05. The fraction of sp³-hybridized carbons (Fsp3) is 0.267. The predicted octanol–water partition coefficient (Wildman–Crippen LogP) is 0.131. The van der Waals surface area contributed by atoms with Crippen molar-refractivity contribution >= 4 is 29.2 Å². The topological polar surface area (TPSA) is 73.3 Å². The Hall–Kier alpha value is -1.99. The van der Waals surface area contributed by atoms with E-state index < -0.39 is 5.97 Å². The summed E-state index contributed by atoms with van der Waals surface area (Å²) in [5, 5.41) is 3.68. The Morgan fingerprint density at radius 2 is 2.17 bits per heavy atom. The van der Waals surface area contributed by atoms with Crippen LogP contribution >= 0.6 is 11.8 Å². The number of nitrogens with zero attached hydrogens (tertiary/aromatic N) is 2. The standard InChI is InChI=1S/C15H17N3O3S.ClH/c1-4-21-14(19)12-9-16-15(22-3)18-13(12)17-10-6-5-7-11(8-10)20-2;/h5-9H,4H2,1-3H3,(H,16,17,18);1H/p-1. The van der Waals surface area contributed by atoms with E-state index in [-0.39, 0.29) is 12.4 Å². The van der Waals surface area contributed by atoms with E-state index in [1.807, 2.05) is 30.5 Å². The van der Waals surface area contributed by atoms with E-state index in [1.54, 1.807) is 14.0 Å². The molecule has 1 aromatic heterocycles. The van der Waals surface area contributed by atoms with Crippen molar-refractivity contribution in [3.63, 3.8) is 0 Å². The second-order valence-corrected chi connectivity index (χ2v) is 4.97.